The Morgan fingerprint density at radius 1 is 1.00 bits per heavy atom. The number of benzene rings is 2. The molecule has 20 heavy (non-hydrogen) atoms. The molecule has 0 aliphatic heterocycles. The number of hydrogen-bond acceptors (Lipinski definition) is 1. The smallest absolute Gasteiger partial charge is 0.129 e. The summed E-state index contributed by atoms with van der Waals surface area (Å²) in [6.45, 7) is 1.80. The largest absolute Gasteiger partial charge is 0.313 e. The molecule has 2 aromatic carbocycles. The van der Waals surface area contributed by atoms with Gasteiger partial charge in [-0.25, -0.2) is 13.2 Å². The van der Waals surface area contributed by atoms with Crippen molar-refractivity contribution in [2.75, 3.05) is 7.05 Å². The molecule has 0 fully saturated rings. The molecule has 1 atom stereocenters. The Morgan fingerprint density at radius 3 is 2.35 bits per heavy atom. The van der Waals surface area contributed by atoms with E-state index in [9.17, 15) is 13.2 Å². The maximum atomic E-state index is 13.7. The first kappa shape index (κ1) is 14.6. The van der Waals surface area contributed by atoms with Crippen molar-refractivity contribution in [2.45, 2.75) is 19.4 Å². The lowest BCUT2D eigenvalue weighted by molar-refractivity contribution is 0.537. The highest BCUT2D eigenvalue weighted by atomic mass is 19.1. The van der Waals surface area contributed by atoms with Crippen LogP contribution >= 0.6 is 0 Å². The summed E-state index contributed by atoms with van der Waals surface area (Å²) in [6.07, 6.45) is 0.325. The number of likely N-dealkylation sites (N-methyl/N-ethyl adjacent to an activating group) is 1. The standard InChI is InChI=1S/C16H16F3N/c1-10-5-12(7-14(18)6-10)16(20-2)8-11-3-4-13(17)9-15(11)19/h3-7,9,16,20H,8H2,1-2H3. The maximum Gasteiger partial charge on any atom is 0.129 e. The van der Waals surface area contributed by atoms with Crippen LogP contribution in [-0.2, 0) is 6.42 Å². The van der Waals surface area contributed by atoms with Crippen molar-refractivity contribution in [3.63, 3.8) is 0 Å². The Morgan fingerprint density at radius 2 is 1.75 bits per heavy atom. The van der Waals surface area contributed by atoms with Crippen LogP contribution in [0.3, 0.4) is 0 Å². The maximum absolute atomic E-state index is 13.7. The molecule has 0 aromatic heterocycles. The zero-order chi connectivity index (χ0) is 14.7. The lowest BCUT2D eigenvalue weighted by Gasteiger charge is -2.18. The first-order valence-electron chi connectivity index (χ1n) is 6.38. The quantitative estimate of drug-likeness (QED) is 0.894. The number of hydrogen-bond donors (Lipinski definition) is 1. The van der Waals surface area contributed by atoms with Crippen molar-refractivity contribution < 1.29 is 13.2 Å². The zero-order valence-corrected chi connectivity index (χ0v) is 11.4. The van der Waals surface area contributed by atoms with Crippen LogP contribution in [0.1, 0.15) is 22.7 Å². The highest BCUT2D eigenvalue weighted by molar-refractivity contribution is 5.29. The van der Waals surface area contributed by atoms with Gasteiger partial charge in [0.15, 0.2) is 0 Å². The van der Waals surface area contributed by atoms with Gasteiger partial charge in [-0.3, -0.25) is 0 Å². The molecule has 2 rings (SSSR count). The van der Waals surface area contributed by atoms with Gasteiger partial charge in [0.05, 0.1) is 0 Å². The van der Waals surface area contributed by atoms with Crippen molar-refractivity contribution in [1.29, 1.82) is 0 Å². The van der Waals surface area contributed by atoms with Gasteiger partial charge >= 0.3 is 0 Å². The first-order valence-corrected chi connectivity index (χ1v) is 6.38. The van der Waals surface area contributed by atoms with E-state index in [0.717, 1.165) is 17.2 Å². The Labute approximate surface area is 116 Å². The molecular formula is C16H16F3N. The third-order valence-corrected chi connectivity index (χ3v) is 3.25. The van der Waals surface area contributed by atoms with Crippen LogP contribution in [0.2, 0.25) is 0 Å². The molecule has 0 aliphatic rings. The molecule has 0 aliphatic carbocycles. The fourth-order valence-electron chi connectivity index (χ4n) is 2.26. The minimum Gasteiger partial charge on any atom is -0.313 e. The molecule has 0 amide bonds. The van der Waals surface area contributed by atoms with Crippen LogP contribution in [0.4, 0.5) is 13.2 Å². The Balaban J connectivity index is 2.28. The van der Waals surface area contributed by atoms with Crippen LogP contribution in [0.15, 0.2) is 36.4 Å². The Hall–Kier alpha value is -1.81. The normalized spacial score (nSPS) is 12.4. The SMILES string of the molecule is CNC(Cc1ccc(F)cc1F)c1cc(C)cc(F)c1. The van der Waals surface area contributed by atoms with Crippen LogP contribution in [-0.4, -0.2) is 7.05 Å². The van der Waals surface area contributed by atoms with Crippen molar-refractivity contribution in [2.24, 2.45) is 0 Å². The second kappa shape index (κ2) is 6.09. The molecule has 1 unspecified atom stereocenters. The molecule has 1 N–H and O–H groups in total. The molecule has 0 spiro atoms. The van der Waals surface area contributed by atoms with Gasteiger partial charge in [-0.15, -0.1) is 0 Å². The van der Waals surface area contributed by atoms with Gasteiger partial charge in [-0.05, 0) is 55.3 Å². The Kier molecular flexibility index (Phi) is 4.45. The van der Waals surface area contributed by atoms with Crippen molar-refractivity contribution >= 4 is 0 Å². The van der Waals surface area contributed by atoms with Gasteiger partial charge in [-0.1, -0.05) is 12.1 Å². The van der Waals surface area contributed by atoms with E-state index in [1.165, 1.54) is 24.3 Å². The molecule has 4 heteroatoms. The van der Waals surface area contributed by atoms with Crippen LogP contribution < -0.4 is 5.32 Å². The predicted molar refractivity (Wildman–Crippen MR) is 73.0 cm³/mol. The van der Waals surface area contributed by atoms with Gasteiger partial charge < -0.3 is 5.32 Å². The van der Waals surface area contributed by atoms with Crippen LogP contribution in [0, 0.1) is 24.4 Å². The second-order valence-electron chi connectivity index (χ2n) is 4.84. The predicted octanol–water partition coefficient (Wildman–Crippen LogP) is 3.92. The van der Waals surface area contributed by atoms with Crippen molar-refractivity contribution in [3.8, 4) is 0 Å². The molecule has 0 radical (unpaired) electrons. The molecule has 0 saturated heterocycles. The van der Waals surface area contributed by atoms with E-state index in [1.807, 2.05) is 6.07 Å². The molecule has 2 aromatic rings. The minimum absolute atomic E-state index is 0.232. The van der Waals surface area contributed by atoms with Gasteiger partial charge in [0, 0.05) is 12.1 Å². The van der Waals surface area contributed by atoms with E-state index in [-0.39, 0.29) is 11.9 Å². The third-order valence-electron chi connectivity index (χ3n) is 3.25. The van der Waals surface area contributed by atoms with E-state index in [4.69, 9.17) is 0 Å². The summed E-state index contributed by atoms with van der Waals surface area (Å²) in [5.74, 6) is -1.51. The van der Waals surface area contributed by atoms with Crippen molar-refractivity contribution in [3.05, 3.63) is 70.5 Å². The van der Waals surface area contributed by atoms with Crippen molar-refractivity contribution in [1.82, 2.24) is 5.32 Å². The average Bonchev–Trinajstić information content (AvgIpc) is 2.36. The first-order chi connectivity index (χ1) is 9.49. The van der Waals surface area contributed by atoms with E-state index in [2.05, 4.69) is 5.32 Å². The zero-order valence-electron chi connectivity index (χ0n) is 11.4. The van der Waals surface area contributed by atoms with Gasteiger partial charge in [0.1, 0.15) is 17.5 Å². The fraction of sp³-hybridized carbons (Fsp3) is 0.250. The summed E-state index contributed by atoms with van der Waals surface area (Å²) in [4.78, 5) is 0. The summed E-state index contributed by atoms with van der Waals surface area (Å²) in [5.41, 5.74) is 1.95. The van der Waals surface area contributed by atoms with E-state index >= 15 is 0 Å². The number of rotatable bonds is 4. The molecular weight excluding hydrogens is 263 g/mol. The van der Waals surface area contributed by atoms with Gasteiger partial charge in [0.25, 0.3) is 0 Å². The average molecular weight is 279 g/mol. The van der Waals surface area contributed by atoms with Gasteiger partial charge in [-0.2, -0.15) is 0 Å². The van der Waals surface area contributed by atoms with Crippen LogP contribution in [0.25, 0.3) is 0 Å². The molecule has 106 valence electrons. The number of aryl methyl sites for hydroxylation is 1. The highest BCUT2D eigenvalue weighted by Gasteiger charge is 2.14. The summed E-state index contributed by atoms with van der Waals surface area (Å²) in [7, 11) is 1.73. The summed E-state index contributed by atoms with van der Waals surface area (Å²) < 4.78 is 40.0. The lowest BCUT2D eigenvalue weighted by atomic mass is 9.97. The highest BCUT2D eigenvalue weighted by Crippen LogP contribution is 2.22. The topological polar surface area (TPSA) is 12.0 Å². The monoisotopic (exact) mass is 279 g/mol. The van der Waals surface area contributed by atoms with E-state index in [0.29, 0.717) is 12.0 Å². The molecule has 0 saturated carbocycles. The number of halogens is 3. The number of nitrogens with one attached hydrogen (secondary N) is 1. The van der Waals surface area contributed by atoms with Gasteiger partial charge in [0.2, 0.25) is 0 Å². The van der Waals surface area contributed by atoms with E-state index in [1.54, 1.807) is 14.0 Å². The second-order valence-corrected chi connectivity index (χ2v) is 4.84. The summed E-state index contributed by atoms with van der Waals surface area (Å²) in [5, 5.41) is 3.04. The summed E-state index contributed by atoms with van der Waals surface area (Å²) >= 11 is 0. The van der Waals surface area contributed by atoms with Crippen LogP contribution in [0.5, 0.6) is 0 Å². The lowest BCUT2D eigenvalue weighted by Crippen LogP contribution is -2.19. The minimum atomic E-state index is -0.603. The summed E-state index contributed by atoms with van der Waals surface area (Å²) in [6, 6.07) is 7.99. The Bertz CT molecular complexity index is 590. The van der Waals surface area contributed by atoms with E-state index < -0.39 is 11.6 Å². The molecule has 0 bridgehead atoms. The molecule has 1 nitrogen and oxygen atoms in total. The molecule has 0 heterocycles. The third kappa shape index (κ3) is 3.39. The fourth-order valence-corrected chi connectivity index (χ4v) is 2.26.